The van der Waals surface area contributed by atoms with Crippen molar-refractivity contribution < 1.29 is 18.0 Å². The fourth-order valence-corrected chi connectivity index (χ4v) is 5.22. The van der Waals surface area contributed by atoms with Crippen LogP contribution in [-0.4, -0.2) is 56.1 Å². The van der Waals surface area contributed by atoms with Crippen LogP contribution in [0.2, 0.25) is 0 Å². The number of anilines is 2. The highest BCUT2D eigenvalue weighted by Gasteiger charge is 2.36. The van der Waals surface area contributed by atoms with Crippen LogP contribution in [0.15, 0.2) is 48.8 Å². The molecule has 9 nitrogen and oxygen atoms in total. The van der Waals surface area contributed by atoms with Crippen molar-refractivity contribution in [3.05, 3.63) is 71.7 Å². The molecule has 0 bridgehead atoms. The number of alkyl halides is 1. The number of fused-ring (bicyclic) bond motifs is 1. The van der Waals surface area contributed by atoms with Gasteiger partial charge in [-0.15, -0.1) is 5.10 Å². The Kier molecular flexibility index (Phi) is 6.03. The maximum atomic E-state index is 14.5. The van der Waals surface area contributed by atoms with E-state index >= 15 is 0 Å². The van der Waals surface area contributed by atoms with Crippen molar-refractivity contribution in [2.75, 3.05) is 29.9 Å². The molecule has 0 aliphatic carbocycles. The van der Waals surface area contributed by atoms with Gasteiger partial charge in [-0.25, -0.2) is 18.2 Å². The number of amides is 1. The third kappa shape index (κ3) is 4.41. The molecule has 0 radical (unpaired) electrons. The smallest absolute Gasteiger partial charge is 0.275 e. The second-order valence-corrected chi connectivity index (χ2v) is 9.37. The van der Waals surface area contributed by atoms with Gasteiger partial charge in [-0.3, -0.25) is 9.48 Å². The number of nitrogens with zero attached hydrogens (tertiary/aromatic N) is 6. The number of piperidine rings is 1. The van der Waals surface area contributed by atoms with E-state index in [1.807, 2.05) is 0 Å². The number of imidazole rings is 1. The summed E-state index contributed by atoms with van der Waals surface area (Å²) in [5.41, 5.74) is 0.974. The molecule has 5 heterocycles. The second-order valence-electron chi connectivity index (χ2n) is 9.37. The normalized spacial score (nSPS) is 20.6. The summed E-state index contributed by atoms with van der Waals surface area (Å²) in [5.74, 6) is -0.869. The molecule has 2 saturated heterocycles. The van der Waals surface area contributed by atoms with Crippen molar-refractivity contribution in [2.45, 2.75) is 37.5 Å². The Hall–Kier alpha value is -3.93. The van der Waals surface area contributed by atoms with Crippen LogP contribution >= 0.6 is 0 Å². The second kappa shape index (κ2) is 9.51. The minimum atomic E-state index is -1.23. The lowest BCUT2D eigenvalue weighted by Gasteiger charge is -2.26. The van der Waals surface area contributed by atoms with Gasteiger partial charge in [-0.1, -0.05) is 0 Å². The molecule has 2 fully saturated rings. The quantitative estimate of drug-likeness (QED) is 0.426. The van der Waals surface area contributed by atoms with Gasteiger partial charge < -0.3 is 15.5 Å². The minimum Gasteiger partial charge on any atom is -0.345 e. The van der Waals surface area contributed by atoms with Gasteiger partial charge in [-0.05, 0) is 62.3 Å². The highest BCUT2D eigenvalue weighted by Crippen LogP contribution is 2.38. The highest BCUT2D eigenvalue weighted by atomic mass is 19.1. The molecule has 2 aliphatic heterocycles. The van der Waals surface area contributed by atoms with Crippen LogP contribution in [0.25, 0.3) is 5.65 Å². The summed E-state index contributed by atoms with van der Waals surface area (Å²) in [5, 5.41) is 15.1. The molecule has 1 aromatic carbocycles. The van der Waals surface area contributed by atoms with Crippen molar-refractivity contribution in [1.29, 1.82) is 0 Å². The average Bonchev–Trinajstić information content (AvgIpc) is 3.64. The lowest BCUT2D eigenvalue weighted by Crippen LogP contribution is -2.32. The van der Waals surface area contributed by atoms with Crippen LogP contribution in [0, 0.1) is 11.6 Å². The maximum absolute atomic E-state index is 14.5. The number of hydrogen-bond acceptors (Lipinski definition) is 6. The molecular formula is C25H25F3N8O. The van der Waals surface area contributed by atoms with E-state index in [1.165, 1.54) is 10.7 Å². The van der Waals surface area contributed by atoms with E-state index in [-0.39, 0.29) is 30.5 Å². The van der Waals surface area contributed by atoms with Gasteiger partial charge in [0.15, 0.2) is 11.5 Å². The SMILES string of the molecule is O=C(Nc1cnc2ccc(N3C[C@@H](F)C[C@@H]3c3cc(F)ccc3F)nn12)c1ccnn1C1CCNCC1. The van der Waals surface area contributed by atoms with Gasteiger partial charge in [0.1, 0.15) is 29.3 Å². The van der Waals surface area contributed by atoms with Gasteiger partial charge in [-0.2, -0.15) is 9.61 Å². The van der Waals surface area contributed by atoms with Crippen molar-refractivity contribution in [2.24, 2.45) is 0 Å². The van der Waals surface area contributed by atoms with E-state index in [0.717, 1.165) is 44.1 Å². The Morgan fingerprint density at radius 2 is 1.95 bits per heavy atom. The summed E-state index contributed by atoms with van der Waals surface area (Å²) >= 11 is 0. The molecule has 0 saturated carbocycles. The van der Waals surface area contributed by atoms with Crippen LogP contribution in [0.5, 0.6) is 0 Å². The predicted molar refractivity (Wildman–Crippen MR) is 130 cm³/mol. The summed E-state index contributed by atoms with van der Waals surface area (Å²) in [6.45, 7) is 1.70. The lowest BCUT2D eigenvalue weighted by molar-refractivity contribution is 0.101. The number of benzene rings is 1. The molecule has 1 amide bonds. The average molecular weight is 511 g/mol. The Labute approximate surface area is 210 Å². The third-order valence-corrected chi connectivity index (χ3v) is 7.01. The summed E-state index contributed by atoms with van der Waals surface area (Å²) in [4.78, 5) is 19.1. The number of aromatic nitrogens is 5. The van der Waals surface area contributed by atoms with E-state index in [1.54, 1.807) is 34.0 Å². The predicted octanol–water partition coefficient (Wildman–Crippen LogP) is 3.67. The molecule has 0 spiro atoms. The summed E-state index contributed by atoms with van der Waals surface area (Å²) in [6.07, 6.45) is 3.62. The zero-order valence-electron chi connectivity index (χ0n) is 19.8. The summed E-state index contributed by atoms with van der Waals surface area (Å²) in [6, 6.07) is 7.59. The molecular weight excluding hydrogens is 485 g/mol. The summed E-state index contributed by atoms with van der Waals surface area (Å²) in [7, 11) is 0. The Morgan fingerprint density at radius 3 is 2.78 bits per heavy atom. The Balaban J connectivity index is 1.29. The molecule has 6 rings (SSSR count). The summed E-state index contributed by atoms with van der Waals surface area (Å²) < 4.78 is 46.1. The molecule has 37 heavy (non-hydrogen) atoms. The zero-order valence-corrected chi connectivity index (χ0v) is 19.8. The number of carbonyl (C=O) groups is 1. The lowest BCUT2D eigenvalue weighted by atomic mass is 10.0. The minimum absolute atomic E-state index is 0.00822. The van der Waals surface area contributed by atoms with Crippen molar-refractivity contribution in [3.63, 3.8) is 0 Å². The number of rotatable bonds is 5. The fraction of sp³-hybridized carbons (Fsp3) is 0.360. The van der Waals surface area contributed by atoms with Gasteiger partial charge in [0, 0.05) is 18.2 Å². The van der Waals surface area contributed by atoms with Crippen molar-refractivity contribution in [3.8, 4) is 0 Å². The molecule has 4 aromatic rings. The third-order valence-electron chi connectivity index (χ3n) is 7.01. The molecule has 192 valence electrons. The number of carbonyl (C=O) groups excluding carboxylic acids is 1. The van der Waals surface area contributed by atoms with Crippen LogP contribution in [0.4, 0.5) is 24.8 Å². The number of hydrogen-bond donors (Lipinski definition) is 2. The molecule has 12 heteroatoms. The Morgan fingerprint density at radius 1 is 1.11 bits per heavy atom. The van der Waals surface area contributed by atoms with Crippen LogP contribution in [0.3, 0.4) is 0 Å². The number of halogens is 3. The van der Waals surface area contributed by atoms with Crippen LogP contribution in [-0.2, 0) is 0 Å². The molecule has 2 aliphatic rings. The number of nitrogens with one attached hydrogen (secondary N) is 2. The highest BCUT2D eigenvalue weighted by molar-refractivity contribution is 6.02. The van der Waals surface area contributed by atoms with E-state index in [4.69, 9.17) is 0 Å². The van der Waals surface area contributed by atoms with Gasteiger partial charge in [0.25, 0.3) is 5.91 Å². The fourth-order valence-electron chi connectivity index (χ4n) is 5.22. The largest absolute Gasteiger partial charge is 0.345 e. The van der Waals surface area contributed by atoms with E-state index < -0.39 is 23.8 Å². The topological polar surface area (TPSA) is 92.4 Å². The monoisotopic (exact) mass is 510 g/mol. The first-order chi connectivity index (χ1) is 18.0. The molecule has 3 aromatic heterocycles. The van der Waals surface area contributed by atoms with Gasteiger partial charge in [0.05, 0.1) is 24.8 Å². The van der Waals surface area contributed by atoms with E-state index in [9.17, 15) is 18.0 Å². The van der Waals surface area contributed by atoms with E-state index in [2.05, 4.69) is 25.8 Å². The first kappa shape index (κ1) is 23.5. The molecule has 2 N–H and O–H groups in total. The van der Waals surface area contributed by atoms with E-state index in [0.29, 0.717) is 23.0 Å². The maximum Gasteiger partial charge on any atom is 0.275 e. The zero-order chi connectivity index (χ0) is 25.5. The van der Waals surface area contributed by atoms with Crippen molar-refractivity contribution >= 4 is 23.2 Å². The first-order valence-electron chi connectivity index (χ1n) is 12.2. The Bertz CT molecular complexity index is 1450. The van der Waals surface area contributed by atoms with Crippen LogP contribution < -0.4 is 15.5 Å². The van der Waals surface area contributed by atoms with Gasteiger partial charge >= 0.3 is 0 Å². The first-order valence-corrected chi connectivity index (χ1v) is 12.2. The molecule has 0 unspecified atom stereocenters. The van der Waals surface area contributed by atoms with Crippen LogP contribution in [0.1, 0.15) is 47.4 Å². The standard InChI is InChI=1S/C25H25F3N8O/c26-15-1-2-19(28)18(11-15)21-12-16(27)14-34(21)23-4-3-22-30-13-24(36(22)33-23)32-25(37)20-7-10-31-35(20)17-5-8-29-9-6-17/h1-4,7,10-11,13,16-17,21,29H,5-6,8-9,12,14H2,(H,32,37)/t16-,21+/m0/s1. The van der Waals surface area contributed by atoms with Gasteiger partial charge in [0.2, 0.25) is 0 Å². The van der Waals surface area contributed by atoms with Crippen molar-refractivity contribution in [1.82, 2.24) is 29.7 Å². The molecule has 2 atom stereocenters.